The van der Waals surface area contributed by atoms with Gasteiger partial charge in [-0.2, -0.15) is 0 Å². The molecule has 18 heavy (non-hydrogen) atoms. The van der Waals surface area contributed by atoms with Gasteiger partial charge in [-0.1, -0.05) is 0 Å². The Morgan fingerprint density at radius 3 is 2.61 bits per heavy atom. The van der Waals surface area contributed by atoms with Crippen LogP contribution in [-0.4, -0.2) is 29.7 Å². The summed E-state index contributed by atoms with van der Waals surface area (Å²) in [4.78, 5) is 22.0. The van der Waals surface area contributed by atoms with Crippen LogP contribution in [0.3, 0.4) is 0 Å². The van der Waals surface area contributed by atoms with E-state index in [1.807, 2.05) is 0 Å². The maximum absolute atomic E-state index is 13.5. The molecule has 0 fully saturated rings. The molecule has 0 radical (unpaired) electrons. The van der Waals surface area contributed by atoms with Crippen LogP contribution in [0, 0.1) is 5.82 Å². The summed E-state index contributed by atoms with van der Waals surface area (Å²) in [5.74, 6) is -2.52. The Hall–Kier alpha value is -1.95. The van der Waals surface area contributed by atoms with Crippen LogP contribution in [0.1, 0.15) is 24.2 Å². The van der Waals surface area contributed by atoms with Gasteiger partial charge in [-0.15, -0.1) is 0 Å². The average Bonchev–Trinajstić information content (AvgIpc) is 2.29. The molecule has 98 valence electrons. The summed E-state index contributed by atoms with van der Waals surface area (Å²) >= 11 is 0. The van der Waals surface area contributed by atoms with Crippen molar-refractivity contribution in [3.05, 3.63) is 29.6 Å². The summed E-state index contributed by atoms with van der Waals surface area (Å²) in [5.41, 5.74) is -0.249. The summed E-state index contributed by atoms with van der Waals surface area (Å²) in [6.45, 7) is 3.36. The van der Waals surface area contributed by atoms with Gasteiger partial charge in [0.15, 0.2) is 0 Å². The first-order valence-electron chi connectivity index (χ1n) is 5.34. The number of anilines is 1. The highest BCUT2D eigenvalue weighted by Crippen LogP contribution is 2.15. The number of ether oxygens (including phenoxy) is 1. The molecule has 1 aromatic rings. The molecule has 0 spiro atoms. The van der Waals surface area contributed by atoms with E-state index in [-0.39, 0.29) is 24.0 Å². The van der Waals surface area contributed by atoms with E-state index in [9.17, 15) is 14.0 Å². The third-order valence-corrected chi connectivity index (χ3v) is 2.04. The molecule has 0 aliphatic heterocycles. The number of amides is 1. The number of carboxylic acids is 1. The number of nitrogens with one attached hydrogen (secondary N) is 1. The van der Waals surface area contributed by atoms with Crippen LogP contribution in [0.15, 0.2) is 18.2 Å². The van der Waals surface area contributed by atoms with Gasteiger partial charge < -0.3 is 15.2 Å². The molecule has 1 rings (SSSR count). The van der Waals surface area contributed by atoms with E-state index in [1.165, 1.54) is 12.1 Å². The quantitative estimate of drug-likeness (QED) is 0.842. The number of carbonyl (C=O) groups is 2. The molecule has 0 unspecified atom stereocenters. The maximum Gasteiger partial charge on any atom is 0.335 e. The first-order valence-corrected chi connectivity index (χ1v) is 5.34. The molecule has 0 saturated carbocycles. The molecular formula is C12H14FNO4. The highest BCUT2D eigenvalue weighted by Gasteiger charge is 2.11. The van der Waals surface area contributed by atoms with E-state index in [4.69, 9.17) is 9.84 Å². The highest BCUT2D eigenvalue weighted by molar-refractivity contribution is 5.93. The predicted molar refractivity (Wildman–Crippen MR) is 63.1 cm³/mol. The fraction of sp³-hybridized carbons (Fsp3) is 0.333. The monoisotopic (exact) mass is 255 g/mol. The second-order valence-electron chi connectivity index (χ2n) is 3.91. The zero-order valence-corrected chi connectivity index (χ0v) is 10.1. The molecule has 0 aliphatic carbocycles. The molecule has 0 heterocycles. The minimum Gasteiger partial charge on any atom is -0.478 e. The maximum atomic E-state index is 13.5. The zero-order valence-electron chi connectivity index (χ0n) is 10.1. The van der Waals surface area contributed by atoms with Crippen molar-refractivity contribution >= 4 is 17.6 Å². The van der Waals surface area contributed by atoms with E-state index in [0.29, 0.717) is 0 Å². The van der Waals surface area contributed by atoms with Crippen molar-refractivity contribution in [2.24, 2.45) is 0 Å². The molecular weight excluding hydrogens is 241 g/mol. The van der Waals surface area contributed by atoms with Crippen LogP contribution >= 0.6 is 0 Å². The topological polar surface area (TPSA) is 75.6 Å². The number of benzene rings is 1. The number of rotatable bonds is 5. The number of halogens is 1. The van der Waals surface area contributed by atoms with Gasteiger partial charge in [-0.05, 0) is 32.0 Å². The Bertz CT molecular complexity index is 459. The van der Waals surface area contributed by atoms with Crippen LogP contribution < -0.4 is 5.32 Å². The Labute approximate surface area is 104 Å². The highest BCUT2D eigenvalue weighted by atomic mass is 19.1. The van der Waals surface area contributed by atoms with Gasteiger partial charge in [-0.25, -0.2) is 9.18 Å². The predicted octanol–water partition coefficient (Wildman–Crippen LogP) is 1.89. The number of carbonyl (C=O) groups excluding carboxylic acids is 1. The fourth-order valence-corrected chi connectivity index (χ4v) is 1.18. The van der Waals surface area contributed by atoms with Gasteiger partial charge in [0.05, 0.1) is 17.4 Å². The smallest absolute Gasteiger partial charge is 0.335 e. The average molecular weight is 255 g/mol. The Balaban J connectivity index is 2.68. The lowest BCUT2D eigenvalue weighted by molar-refractivity contribution is -0.121. The van der Waals surface area contributed by atoms with Crippen LogP contribution in [0.4, 0.5) is 10.1 Å². The van der Waals surface area contributed by atoms with Crippen LogP contribution in [0.5, 0.6) is 0 Å². The summed E-state index contributed by atoms with van der Waals surface area (Å²) in [7, 11) is 0. The SMILES string of the molecule is CC(C)OCC(=O)Nc1ccc(C(=O)O)cc1F. The molecule has 1 aromatic carbocycles. The van der Waals surface area contributed by atoms with Gasteiger partial charge in [0.1, 0.15) is 12.4 Å². The van der Waals surface area contributed by atoms with Crippen molar-refractivity contribution in [2.75, 3.05) is 11.9 Å². The summed E-state index contributed by atoms with van der Waals surface area (Å²) in [6, 6.07) is 3.26. The zero-order chi connectivity index (χ0) is 13.7. The number of hydrogen-bond acceptors (Lipinski definition) is 3. The lowest BCUT2D eigenvalue weighted by atomic mass is 10.2. The summed E-state index contributed by atoms with van der Waals surface area (Å²) in [5, 5.41) is 11.0. The van der Waals surface area contributed by atoms with Gasteiger partial charge in [0.2, 0.25) is 5.91 Å². The van der Waals surface area contributed by atoms with Gasteiger partial charge in [0, 0.05) is 0 Å². The summed E-state index contributed by atoms with van der Waals surface area (Å²) < 4.78 is 18.5. The minimum absolute atomic E-state index is 0.0719. The molecule has 2 N–H and O–H groups in total. The lowest BCUT2D eigenvalue weighted by Gasteiger charge is -2.09. The van der Waals surface area contributed by atoms with Crippen LogP contribution in [-0.2, 0) is 9.53 Å². The van der Waals surface area contributed by atoms with Crippen molar-refractivity contribution in [1.29, 1.82) is 0 Å². The molecule has 6 heteroatoms. The number of aromatic carboxylic acids is 1. The van der Waals surface area contributed by atoms with Gasteiger partial charge in [-0.3, -0.25) is 4.79 Å². The second-order valence-corrected chi connectivity index (χ2v) is 3.91. The molecule has 0 atom stereocenters. The van der Waals surface area contributed by atoms with Crippen molar-refractivity contribution in [1.82, 2.24) is 0 Å². The lowest BCUT2D eigenvalue weighted by Crippen LogP contribution is -2.21. The first-order chi connectivity index (χ1) is 8.40. The molecule has 0 saturated heterocycles. The van der Waals surface area contributed by atoms with E-state index in [2.05, 4.69) is 5.32 Å². The first kappa shape index (κ1) is 14.1. The van der Waals surface area contributed by atoms with E-state index >= 15 is 0 Å². The Morgan fingerprint density at radius 1 is 1.44 bits per heavy atom. The van der Waals surface area contributed by atoms with E-state index in [1.54, 1.807) is 13.8 Å². The van der Waals surface area contributed by atoms with E-state index in [0.717, 1.165) is 6.07 Å². The van der Waals surface area contributed by atoms with Crippen LogP contribution in [0.25, 0.3) is 0 Å². The van der Waals surface area contributed by atoms with E-state index < -0.39 is 17.7 Å². The van der Waals surface area contributed by atoms with Crippen LogP contribution in [0.2, 0.25) is 0 Å². The fourth-order valence-electron chi connectivity index (χ4n) is 1.18. The Kier molecular flexibility index (Phi) is 4.79. The van der Waals surface area contributed by atoms with Crippen molar-refractivity contribution in [3.8, 4) is 0 Å². The molecule has 5 nitrogen and oxygen atoms in total. The standard InChI is InChI=1S/C12H14FNO4/c1-7(2)18-6-11(15)14-10-4-3-8(12(16)17)5-9(10)13/h3-5,7H,6H2,1-2H3,(H,14,15)(H,16,17). The van der Waals surface area contributed by atoms with Crippen molar-refractivity contribution in [2.45, 2.75) is 20.0 Å². The largest absolute Gasteiger partial charge is 0.478 e. The third-order valence-electron chi connectivity index (χ3n) is 2.04. The number of carboxylic acid groups (broad SMARTS) is 1. The Morgan fingerprint density at radius 2 is 2.11 bits per heavy atom. The molecule has 1 amide bonds. The van der Waals surface area contributed by atoms with Crippen molar-refractivity contribution in [3.63, 3.8) is 0 Å². The van der Waals surface area contributed by atoms with Gasteiger partial charge >= 0.3 is 5.97 Å². The third kappa shape index (κ3) is 4.14. The summed E-state index contributed by atoms with van der Waals surface area (Å²) in [6.07, 6.45) is -0.102. The normalized spacial score (nSPS) is 10.4. The van der Waals surface area contributed by atoms with Crippen molar-refractivity contribution < 1.29 is 23.8 Å². The minimum atomic E-state index is -1.23. The molecule has 0 aliphatic rings. The molecule has 0 aromatic heterocycles. The molecule has 0 bridgehead atoms. The second kappa shape index (κ2) is 6.11. The van der Waals surface area contributed by atoms with Gasteiger partial charge in [0.25, 0.3) is 0 Å². The number of hydrogen-bond donors (Lipinski definition) is 2.